The van der Waals surface area contributed by atoms with Gasteiger partial charge in [-0.15, -0.1) is 0 Å². The molecule has 0 atom stereocenters. The summed E-state index contributed by atoms with van der Waals surface area (Å²) in [5, 5.41) is 8.59. The lowest BCUT2D eigenvalue weighted by atomic mass is 10.2. The van der Waals surface area contributed by atoms with Crippen LogP contribution in [-0.2, 0) is 0 Å². The molecule has 3 nitrogen and oxygen atoms in total. The van der Waals surface area contributed by atoms with Gasteiger partial charge in [-0.3, -0.25) is 0 Å². The third-order valence-electron chi connectivity index (χ3n) is 1.94. The number of nitriles is 1. The van der Waals surface area contributed by atoms with Crippen molar-refractivity contribution in [3.05, 3.63) is 24.0 Å². The van der Waals surface area contributed by atoms with Gasteiger partial charge in [0.25, 0.3) is 0 Å². The molecule has 1 aromatic heterocycles. The molecule has 0 fully saturated rings. The molecular formula is C11H15N3. The van der Waals surface area contributed by atoms with Crippen molar-refractivity contribution in [2.24, 2.45) is 5.92 Å². The molecule has 0 saturated heterocycles. The number of aromatic nitrogens is 1. The van der Waals surface area contributed by atoms with Gasteiger partial charge in [0.1, 0.15) is 11.8 Å². The second kappa shape index (κ2) is 4.61. The Morgan fingerprint density at radius 3 is 2.64 bits per heavy atom. The van der Waals surface area contributed by atoms with Crippen LogP contribution in [0.5, 0.6) is 0 Å². The van der Waals surface area contributed by atoms with E-state index in [1.165, 1.54) is 0 Å². The summed E-state index contributed by atoms with van der Waals surface area (Å²) in [5.74, 6) is 0.621. The smallest absolute Gasteiger partial charge is 0.140 e. The van der Waals surface area contributed by atoms with Crippen molar-refractivity contribution >= 4 is 5.69 Å². The predicted molar refractivity (Wildman–Crippen MR) is 57.1 cm³/mol. The molecular weight excluding hydrogens is 174 g/mol. The molecule has 0 aliphatic carbocycles. The van der Waals surface area contributed by atoms with Gasteiger partial charge in [0.15, 0.2) is 0 Å². The second-order valence-electron chi connectivity index (χ2n) is 3.79. The zero-order chi connectivity index (χ0) is 10.6. The summed E-state index contributed by atoms with van der Waals surface area (Å²) in [6.45, 7) is 5.34. The lowest BCUT2D eigenvalue weighted by Crippen LogP contribution is -2.22. The molecule has 74 valence electrons. The maximum absolute atomic E-state index is 8.59. The van der Waals surface area contributed by atoms with Crippen LogP contribution in [0.25, 0.3) is 0 Å². The van der Waals surface area contributed by atoms with E-state index in [9.17, 15) is 0 Å². The average molecular weight is 189 g/mol. The molecule has 0 N–H and O–H groups in total. The Hall–Kier alpha value is -1.56. The molecule has 1 aromatic rings. The van der Waals surface area contributed by atoms with Crippen molar-refractivity contribution < 1.29 is 0 Å². The molecule has 1 heterocycles. The minimum atomic E-state index is 0.465. The van der Waals surface area contributed by atoms with Crippen molar-refractivity contribution in [1.29, 1.82) is 5.26 Å². The summed E-state index contributed by atoms with van der Waals surface area (Å²) in [4.78, 5) is 6.16. The van der Waals surface area contributed by atoms with Gasteiger partial charge in [0, 0.05) is 13.6 Å². The van der Waals surface area contributed by atoms with Gasteiger partial charge in [-0.2, -0.15) is 5.26 Å². The number of pyridine rings is 1. The molecule has 0 aromatic carbocycles. The van der Waals surface area contributed by atoms with Gasteiger partial charge in [0.05, 0.1) is 11.9 Å². The van der Waals surface area contributed by atoms with Gasteiger partial charge < -0.3 is 4.90 Å². The van der Waals surface area contributed by atoms with Crippen molar-refractivity contribution in [2.45, 2.75) is 13.8 Å². The average Bonchev–Trinajstić information content (AvgIpc) is 2.17. The molecule has 0 bridgehead atoms. The number of hydrogen-bond acceptors (Lipinski definition) is 3. The first-order valence-corrected chi connectivity index (χ1v) is 4.70. The molecule has 0 unspecified atom stereocenters. The second-order valence-corrected chi connectivity index (χ2v) is 3.79. The normalized spacial score (nSPS) is 9.93. The quantitative estimate of drug-likeness (QED) is 0.730. The summed E-state index contributed by atoms with van der Waals surface area (Å²) < 4.78 is 0. The Labute approximate surface area is 85.0 Å². The van der Waals surface area contributed by atoms with Crippen LogP contribution in [0.3, 0.4) is 0 Å². The van der Waals surface area contributed by atoms with E-state index in [0.29, 0.717) is 11.6 Å². The first-order chi connectivity index (χ1) is 6.63. The van der Waals surface area contributed by atoms with E-state index in [2.05, 4.69) is 23.7 Å². The van der Waals surface area contributed by atoms with Crippen LogP contribution in [0.15, 0.2) is 18.3 Å². The fraction of sp³-hybridized carbons (Fsp3) is 0.455. The van der Waals surface area contributed by atoms with Gasteiger partial charge in [-0.1, -0.05) is 13.8 Å². The maximum Gasteiger partial charge on any atom is 0.140 e. The number of hydrogen-bond donors (Lipinski definition) is 0. The van der Waals surface area contributed by atoms with Crippen LogP contribution in [0.4, 0.5) is 5.69 Å². The number of anilines is 1. The molecule has 0 radical (unpaired) electrons. The summed E-state index contributed by atoms with van der Waals surface area (Å²) in [6, 6.07) is 5.67. The fourth-order valence-electron chi connectivity index (χ4n) is 1.33. The lowest BCUT2D eigenvalue weighted by molar-refractivity contribution is 0.638. The first kappa shape index (κ1) is 10.5. The highest BCUT2D eigenvalue weighted by Crippen LogP contribution is 2.12. The highest BCUT2D eigenvalue weighted by Gasteiger charge is 2.03. The topological polar surface area (TPSA) is 39.9 Å². The standard InChI is InChI=1S/C11H15N3/c1-9(2)8-14(3)11-5-4-10(6-12)13-7-11/h4-5,7,9H,8H2,1-3H3. The van der Waals surface area contributed by atoms with E-state index < -0.39 is 0 Å². The molecule has 1 rings (SSSR count). The van der Waals surface area contributed by atoms with Crippen LogP contribution in [0, 0.1) is 17.2 Å². The predicted octanol–water partition coefficient (Wildman–Crippen LogP) is 2.05. The molecule has 0 amide bonds. The Bertz CT molecular complexity index is 321. The van der Waals surface area contributed by atoms with E-state index in [1.807, 2.05) is 19.2 Å². The van der Waals surface area contributed by atoms with E-state index in [-0.39, 0.29) is 0 Å². The zero-order valence-electron chi connectivity index (χ0n) is 8.86. The Balaban J connectivity index is 2.72. The van der Waals surface area contributed by atoms with E-state index in [1.54, 1.807) is 12.3 Å². The SMILES string of the molecule is CC(C)CN(C)c1ccc(C#N)nc1. The van der Waals surface area contributed by atoms with E-state index >= 15 is 0 Å². The highest BCUT2D eigenvalue weighted by molar-refractivity contribution is 5.44. The number of nitrogens with zero attached hydrogens (tertiary/aromatic N) is 3. The fourth-order valence-corrected chi connectivity index (χ4v) is 1.33. The molecule has 3 heteroatoms. The van der Waals surface area contributed by atoms with E-state index in [4.69, 9.17) is 5.26 Å². The van der Waals surface area contributed by atoms with Crippen molar-refractivity contribution in [1.82, 2.24) is 4.98 Å². The maximum atomic E-state index is 8.59. The third-order valence-corrected chi connectivity index (χ3v) is 1.94. The Kier molecular flexibility index (Phi) is 3.47. The number of rotatable bonds is 3. The van der Waals surface area contributed by atoms with Crippen LogP contribution >= 0.6 is 0 Å². The Morgan fingerprint density at radius 2 is 2.21 bits per heavy atom. The summed E-state index contributed by atoms with van der Waals surface area (Å²) in [5.41, 5.74) is 1.52. The van der Waals surface area contributed by atoms with Crippen molar-refractivity contribution in [3.63, 3.8) is 0 Å². The van der Waals surface area contributed by atoms with Crippen LogP contribution < -0.4 is 4.90 Å². The minimum Gasteiger partial charge on any atom is -0.373 e. The monoisotopic (exact) mass is 189 g/mol. The van der Waals surface area contributed by atoms with Crippen LogP contribution in [-0.4, -0.2) is 18.6 Å². The highest BCUT2D eigenvalue weighted by atomic mass is 15.1. The van der Waals surface area contributed by atoms with Crippen molar-refractivity contribution in [2.75, 3.05) is 18.5 Å². The van der Waals surface area contributed by atoms with Gasteiger partial charge in [-0.05, 0) is 18.1 Å². The molecule has 14 heavy (non-hydrogen) atoms. The van der Waals surface area contributed by atoms with Crippen LogP contribution in [0.2, 0.25) is 0 Å². The summed E-state index contributed by atoms with van der Waals surface area (Å²) in [6.07, 6.45) is 1.74. The summed E-state index contributed by atoms with van der Waals surface area (Å²) >= 11 is 0. The molecule has 0 aliphatic heterocycles. The summed E-state index contributed by atoms with van der Waals surface area (Å²) in [7, 11) is 2.03. The van der Waals surface area contributed by atoms with Gasteiger partial charge in [-0.25, -0.2) is 4.98 Å². The Morgan fingerprint density at radius 1 is 1.50 bits per heavy atom. The van der Waals surface area contributed by atoms with Gasteiger partial charge >= 0.3 is 0 Å². The first-order valence-electron chi connectivity index (χ1n) is 4.70. The zero-order valence-corrected chi connectivity index (χ0v) is 8.86. The molecule has 0 aliphatic rings. The third kappa shape index (κ3) is 2.74. The largest absolute Gasteiger partial charge is 0.373 e. The van der Waals surface area contributed by atoms with Gasteiger partial charge in [0.2, 0.25) is 0 Å². The minimum absolute atomic E-state index is 0.465. The van der Waals surface area contributed by atoms with E-state index in [0.717, 1.165) is 12.2 Å². The molecule has 0 spiro atoms. The van der Waals surface area contributed by atoms with Crippen LogP contribution in [0.1, 0.15) is 19.5 Å². The molecule has 0 saturated carbocycles. The van der Waals surface area contributed by atoms with Crippen molar-refractivity contribution in [3.8, 4) is 6.07 Å². The lowest BCUT2D eigenvalue weighted by Gasteiger charge is -2.20.